The molecule has 0 N–H and O–H groups in total. The molecule has 7 heteroatoms. The molecule has 3 rings (SSSR count). The van der Waals surface area contributed by atoms with Crippen LogP contribution in [0.25, 0.3) is 11.3 Å². The van der Waals surface area contributed by atoms with E-state index in [0.717, 1.165) is 28.4 Å². The number of nitro benzene ring substituents is 1. The Hall–Kier alpha value is -2.93. The minimum atomic E-state index is -0.413. The summed E-state index contributed by atoms with van der Waals surface area (Å²) in [6.07, 6.45) is 0. The fourth-order valence-electron chi connectivity index (χ4n) is 2.50. The van der Waals surface area contributed by atoms with Crippen LogP contribution in [0.4, 0.5) is 11.4 Å². The molecule has 0 bridgehead atoms. The number of hydrogen-bond donors (Lipinski definition) is 0. The van der Waals surface area contributed by atoms with Crippen molar-refractivity contribution in [1.29, 1.82) is 0 Å². The van der Waals surface area contributed by atoms with Crippen LogP contribution in [0.15, 0.2) is 58.9 Å². The van der Waals surface area contributed by atoms with Crippen LogP contribution in [0, 0.1) is 10.1 Å². The highest BCUT2D eigenvalue weighted by atomic mass is 32.1. The predicted octanol–water partition coefficient (Wildman–Crippen LogP) is 4.39. The molecule has 6 nitrogen and oxygen atoms in total. The molecule has 3 aromatic rings. The van der Waals surface area contributed by atoms with E-state index in [0.29, 0.717) is 5.69 Å². The molecule has 0 spiro atoms. The summed E-state index contributed by atoms with van der Waals surface area (Å²) in [5.74, 6) is 0.809. The van der Waals surface area contributed by atoms with Gasteiger partial charge in [0, 0.05) is 24.1 Å². The lowest BCUT2D eigenvalue weighted by atomic mass is 10.1. The smallest absolute Gasteiger partial charge is 0.271 e. The lowest BCUT2D eigenvalue weighted by Crippen LogP contribution is -2.14. The summed E-state index contributed by atoms with van der Waals surface area (Å²) in [5.41, 5.74) is 2.73. The van der Waals surface area contributed by atoms with Gasteiger partial charge in [0.25, 0.3) is 5.69 Å². The fourth-order valence-corrected chi connectivity index (χ4v) is 3.50. The zero-order valence-corrected chi connectivity index (χ0v) is 14.7. The maximum Gasteiger partial charge on any atom is 0.271 e. The van der Waals surface area contributed by atoms with Crippen molar-refractivity contribution in [3.05, 3.63) is 68.8 Å². The quantitative estimate of drug-likeness (QED) is 0.503. The highest BCUT2D eigenvalue weighted by Gasteiger charge is 2.09. The number of nitro groups is 1. The molecule has 1 heterocycles. The Morgan fingerprint density at radius 3 is 2.64 bits per heavy atom. The lowest BCUT2D eigenvalue weighted by molar-refractivity contribution is -0.384. The maximum atomic E-state index is 10.9. The first kappa shape index (κ1) is 16.9. The number of benzene rings is 2. The molecule has 0 amide bonds. The Balaban J connectivity index is 2.04. The SMILES string of the molecule is CCn1c(-c2ccc(OC)cc2)csc1=Nc1cccc([N+](=O)[O-])c1. The van der Waals surface area contributed by atoms with Crippen LogP contribution in [-0.4, -0.2) is 16.6 Å². The Labute approximate surface area is 148 Å². The lowest BCUT2D eigenvalue weighted by Gasteiger charge is -2.07. The van der Waals surface area contributed by atoms with Crippen molar-refractivity contribution in [2.24, 2.45) is 4.99 Å². The van der Waals surface area contributed by atoms with Gasteiger partial charge >= 0.3 is 0 Å². The summed E-state index contributed by atoms with van der Waals surface area (Å²) in [7, 11) is 1.64. The molecule has 25 heavy (non-hydrogen) atoms. The molecular weight excluding hydrogens is 338 g/mol. The van der Waals surface area contributed by atoms with Crippen molar-refractivity contribution in [2.75, 3.05) is 7.11 Å². The second kappa shape index (κ2) is 7.31. The summed E-state index contributed by atoms with van der Waals surface area (Å²) >= 11 is 1.51. The van der Waals surface area contributed by atoms with Gasteiger partial charge in [-0.2, -0.15) is 0 Å². The molecule has 0 saturated carbocycles. The van der Waals surface area contributed by atoms with E-state index in [1.165, 1.54) is 23.5 Å². The van der Waals surface area contributed by atoms with E-state index in [-0.39, 0.29) is 5.69 Å². The number of methoxy groups -OCH3 is 1. The van der Waals surface area contributed by atoms with E-state index >= 15 is 0 Å². The third-order valence-electron chi connectivity index (χ3n) is 3.76. The topological polar surface area (TPSA) is 69.7 Å². The minimum Gasteiger partial charge on any atom is -0.497 e. The van der Waals surface area contributed by atoms with E-state index < -0.39 is 4.92 Å². The van der Waals surface area contributed by atoms with Gasteiger partial charge in [0.1, 0.15) is 5.75 Å². The summed E-state index contributed by atoms with van der Waals surface area (Å²) in [5, 5.41) is 13.0. The number of thiazole rings is 1. The van der Waals surface area contributed by atoms with Gasteiger partial charge in [0.05, 0.1) is 23.4 Å². The molecule has 2 aromatic carbocycles. The molecule has 0 saturated heterocycles. The number of ether oxygens (including phenoxy) is 1. The average Bonchev–Trinajstić information content (AvgIpc) is 3.04. The first-order chi connectivity index (χ1) is 12.1. The van der Waals surface area contributed by atoms with E-state index in [2.05, 4.69) is 9.56 Å². The summed E-state index contributed by atoms with van der Waals surface area (Å²) in [4.78, 5) is 15.9. The molecule has 0 aliphatic carbocycles. The molecule has 0 atom stereocenters. The minimum absolute atomic E-state index is 0.0382. The number of hydrogen-bond acceptors (Lipinski definition) is 5. The highest BCUT2D eigenvalue weighted by molar-refractivity contribution is 7.07. The molecule has 128 valence electrons. The van der Waals surface area contributed by atoms with Gasteiger partial charge in [-0.1, -0.05) is 6.07 Å². The summed E-state index contributed by atoms with van der Waals surface area (Å²) in [6, 6.07) is 14.2. The second-order valence-electron chi connectivity index (χ2n) is 5.27. The van der Waals surface area contributed by atoms with Gasteiger partial charge in [-0.25, -0.2) is 4.99 Å². The molecule has 0 fully saturated rings. The monoisotopic (exact) mass is 355 g/mol. The van der Waals surface area contributed by atoms with E-state index in [4.69, 9.17) is 4.74 Å². The van der Waals surface area contributed by atoms with Crippen LogP contribution < -0.4 is 9.54 Å². The largest absolute Gasteiger partial charge is 0.497 e. The van der Waals surface area contributed by atoms with E-state index in [1.807, 2.05) is 36.6 Å². The first-order valence-corrected chi connectivity index (χ1v) is 8.62. The van der Waals surface area contributed by atoms with Gasteiger partial charge in [-0.3, -0.25) is 10.1 Å². The first-order valence-electron chi connectivity index (χ1n) is 7.74. The van der Waals surface area contributed by atoms with Crippen LogP contribution in [0.2, 0.25) is 0 Å². The van der Waals surface area contributed by atoms with Crippen LogP contribution in [-0.2, 0) is 6.54 Å². The highest BCUT2D eigenvalue weighted by Crippen LogP contribution is 2.24. The van der Waals surface area contributed by atoms with Gasteiger partial charge in [0.2, 0.25) is 0 Å². The molecule has 0 unspecified atom stereocenters. The van der Waals surface area contributed by atoms with Gasteiger partial charge in [-0.15, -0.1) is 11.3 Å². The van der Waals surface area contributed by atoms with Crippen molar-refractivity contribution in [3.63, 3.8) is 0 Å². The Morgan fingerprint density at radius 1 is 1.24 bits per heavy atom. The third-order valence-corrected chi connectivity index (χ3v) is 4.63. The van der Waals surface area contributed by atoms with Gasteiger partial charge in [0.15, 0.2) is 4.80 Å². The maximum absolute atomic E-state index is 10.9. The summed E-state index contributed by atoms with van der Waals surface area (Å²) in [6.45, 7) is 2.80. The van der Waals surface area contributed by atoms with Crippen LogP contribution in [0.3, 0.4) is 0 Å². The van der Waals surface area contributed by atoms with E-state index in [1.54, 1.807) is 19.2 Å². The molecule has 0 aliphatic heterocycles. The zero-order valence-electron chi connectivity index (χ0n) is 13.9. The molecule has 0 aliphatic rings. The van der Waals surface area contributed by atoms with Gasteiger partial charge in [-0.05, 0) is 42.8 Å². The predicted molar refractivity (Wildman–Crippen MR) is 98.3 cm³/mol. The third kappa shape index (κ3) is 3.61. The standard InChI is InChI=1S/C18H17N3O3S/c1-3-20-17(13-7-9-16(24-2)10-8-13)12-25-18(20)19-14-5-4-6-15(11-14)21(22)23/h4-12H,3H2,1-2H3. The molecule has 0 radical (unpaired) electrons. The van der Waals surface area contributed by atoms with Crippen molar-refractivity contribution < 1.29 is 9.66 Å². The normalized spacial score (nSPS) is 11.5. The fraction of sp³-hybridized carbons (Fsp3) is 0.167. The van der Waals surface area contributed by atoms with Crippen molar-refractivity contribution in [3.8, 4) is 17.0 Å². The number of non-ortho nitro benzene ring substituents is 1. The van der Waals surface area contributed by atoms with E-state index in [9.17, 15) is 10.1 Å². The number of aromatic nitrogens is 1. The number of nitrogens with zero attached hydrogens (tertiary/aromatic N) is 3. The summed E-state index contributed by atoms with van der Waals surface area (Å²) < 4.78 is 7.29. The van der Waals surface area contributed by atoms with Crippen LogP contribution in [0.1, 0.15) is 6.92 Å². The Bertz CT molecular complexity index is 958. The molecular formula is C18H17N3O3S. The average molecular weight is 355 g/mol. The van der Waals surface area contributed by atoms with Crippen molar-refractivity contribution in [2.45, 2.75) is 13.5 Å². The Morgan fingerprint density at radius 2 is 2.00 bits per heavy atom. The Kier molecular flexibility index (Phi) is 4.95. The van der Waals surface area contributed by atoms with Crippen molar-refractivity contribution in [1.82, 2.24) is 4.57 Å². The molecule has 1 aromatic heterocycles. The second-order valence-corrected chi connectivity index (χ2v) is 6.10. The van der Waals surface area contributed by atoms with Gasteiger partial charge < -0.3 is 9.30 Å². The zero-order chi connectivity index (χ0) is 17.8. The van der Waals surface area contributed by atoms with Crippen molar-refractivity contribution >= 4 is 22.7 Å². The van der Waals surface area contributed by atoms with Crippen LogP contribution in [0.5, 0.6) is 5.75 Å². The van der Waals surface area contributed by atoms with Crippen LogP contribution >= 0.6 is 11.3 Å². The number of rotatable bonds is 5.